The number of nitrogens with one attached hydrogen (secondary N) is 1. The number of methoxy groups -OCH3 is 1. The summed E-state index contributed by atoms with van der Waals surface area (Å²) in [5.41, 5.74) is 6.64. The second kappa shape index (κ2) is 5.24. The SMILES string of the molecule is COc1ccc(F)c(Nc2nc(N)nc3ccccc23)c1. The summed E-state index contributed by atoms with van der Waals surface area (Å²) in [4.78, 5) is 8.28. The zero-order valence-corrected chi connectivity index (χ0v) is 11.3. The van der Waals surface area contributed by atoms with Gasteiger partial charge in [0.25, 0.3) is 0 Å². The van der Waals surface area contributed by atoms with Crippen LogP contribution in [-0.4, -0.2) is 17.1 Å². The topological polar surface area (TPSA) is 73.1 Å². The third-order valence-corrected chi connectivity index (χ3v) is 3.05. The van der Waals surface area contributed by atoms with Gasteiger partial charge >= 0.3 is 0 Å². The number of hydrogen-bond donors (Lipinski definition) is 2. The fraction of sp³-hybridized carbons (Fsp3) is 0.0667. The Kier molecular flexibility index (Phi) is 3.27. The summed E-state index contributed by atoms with van der Waals surface area (Å²) in [6, 6.07) is 11.8. The molecule has 1 heterocycles. The minimum absolute atomic E-state index is 0.125. The Labute approximate surface area is 120 Å². The number of anilines is 3. The third-order valence-electron chi connectivity index (χ3n) is 3.05. The van der Waals surface area contributed by atoms with Gasteiger partial charge in [-0.2, -0.15) is 4.98 Å². The molecule has 106 valence electrons. The van der Waals surface area contributed by atoms with Crippen LogP contribution in [0.1, 0.15) is 0 Å². The summed E-state index contributed by atoms with van der Waals surface area (Å²) >= 11 is 0. The first-order valence-corrected chi connectivity index (χ1v) is 6.30. The monoisotopic (exact) mass is 284 g/mol. The van der Waals surface area contributed by atoms with Crippen molar-refractivity contribution in [1.82, 2.24) is 9.97 Å². The average Bonchev–Trinajstić information content (AvgIpc) is 2.49. The van der Waals surface area contributed by atoms with Crippen LogP contribution in [-0.2, 0) is 0 Å². The van der Waals surface area contributed by atoms with Crippen molar-refractivity contribution in [3.05, 3.63) is 48.3 Å². The van der Waals surface area contributed by atoms with E-state index in [9.17, 15) is 4.39 Å². The summed E-state index contributed by atoms with van der Waals surface area (Å²) in [5.74, 6) is 0.715. The fourth-order valence-electron chi connectivity index (χ4n) is 2.04. The van der Waals surface area contributed by atoms with Gasteiger partial charge in [0.1, 0.15) is 17.4 Å². The van der Waals surface area contributed by atoms with Crippen LogP contribution in [0.5, 0.6) is 5.75 Å². The molecule has 0 spiro atoms. The quantitative estimate of drug-likeness (QED) is 0.773. The van der Waals surface area contributed by atoms with Crippen LogP contribution in [0.15, 0.2) is 42.5 Å². The van der Waals surface area contributed by atoms with Crippen molar-refractivity contribution in [3.8, 4) is 5.75 Å². The minimum Gasteiger partial charge on any atom is -0.497 e. The van der Waals surface area contributed by atoms with Gasteiger partial charge in [-0.25, -0.2) is 9.37 Å². The largest absolute Gasteiger partial charge is 0.497 e. The lowest BCUT2D eigenvalue weighted by Crippen LogP contribution is -2.02. The van der Waals surface area contributed by atoms with Crippen LogP contribution < -0.4 is 15.8 Å². The van der Waals surface area contributed by atoms with E-state index in [0.717, 1.165) is 5.39 Å². The van der Waals surface area contributed by atoms with Gasteiger partial charge < -0.3 is 15.8 Å². The van der Waals surface area contributed by atoms with Gasteiger partial charge in [0.2, 0.25) is 5.95 Å². The van der Waals surface area contributed by atoms with Gasteiger partial charge in [-0.05, 0) is 24.3 Å². The second-order valence-electron chi connectivity index (χ2n) is 4.42. The Morgan fingerprint density at radius 3 is 2.76 bits per heavy atom. The van der Waals surface area contributed by atoms with Crippen LogP contribution in [0, 0.1) is 5.82 Å². The van der Waals surface area contributed by atoms with Crippen LogP contribution >= 0.6 is 0 Å². The average molecular weight is 284 g/mol. The first-order valence-electron chi connectivity index (χ1n) is 6.30. The van der Waals surface area contributed by atoms with Crippen LogP contribution in [0.2, 0.25) is 0 Å². The number of rotatable bonds is 3. The number of aromatic nitrogens is 2. The number of ether oxygens (including phenoxy) is 1. The molecule has 0 aliphatic heterocycles. The van der Waals surface area contributed by atoms with Gasteiger partial charge in [-0.15, -0.1) is 0 Å². The predicted octanol–water partition coefficient (Wildman–Crippen LogP) is 3.10. The van der Waals surface area contributed by atoms with Crippen LogP contribution in [0.3, 0.4) is 0 Å². The van der Waals surface area contributed by atoms with Gasteiger partial charge in [0.15, 0.2) is 0 Å². The first kappa shape index (κ1) is 13.1. The maximum absolute atomic E-state index is 13.9. The molecule has 2 aromatic carbocycles. The zero-order valence-electron chi connectivity index (χ0n) is 11.3. The van der Waals surface area contributed by atoms with E-state index in [-0.39, 0.29) is 11.6 Å². The summed E-state index contributed by atoms with van der Waals surface area (Å²) in [6.45, 7) is 0. The number of halogens is 1. The van der Waals surface area contributed by atoms with Crippen molar-refractivity contribution in [2.24, 2.45) is 0 Å². The van der Waals surface area contributed by atoms with Gasteiger partial charge in [-0.1, -0.05) is 12.1 Å². The van der Waals surface area contributed by atoms with Crippen molar-refractivity contribution in [2.75, 3.05) is 18.2 Å². The predicted molar refractivity (Wildman–Crippen MR) is 80.2 cm³/mol. The lowest BCUT2D eigenvalue weighted by molar-refractivity contribution is 0.414. The lowest BCUT2D eigenvalue weighted by atomic mass is 10.2. The molecule has 0 fully saturated rings. The molecular formula is C15H13FN4O. The summed E-state index contributed by atoms with van der Waals surface area (Å²) in [5, 5.41) is 3.70. The molecule has 0 saturated carbocycles. The van der Waals surface area contributed by atoms with Gasteiger partial charge in [-0.3, -0.25) is 0 Å². The first-order chi connectivity index (χ1) is 10.2. The van der Waals surface area contributed by atoms with Crippen molar-refractivity contribution < 1.29 is 9.13 Å². The Morgan fingerprint density at radius 1 is 1.14 bits per heavy atom. The number of benzene rings is 2. The van der Waals surface area contributed by atoms with E-state index in [2.05, 4.69) is 15.3 Å². The van der Waals surface area contributed by atoms with E-state index in [0.29, 0.717) is 17.1 Å². The highest BCUT2D eigenvalue weighted by molar-refractivity contribution is 5.91. The molecule has 5 nitrogen and oxygen atoms in total. The maximum Gasteiger partial charge on any atom is 0.222 e. The Bertz CT molecular complexity index is 807. The molecule has 0 bridgehead atoms. The number of para-hydroxylation sites is 1. The highest BCUT2D eigenvalue weighted by Gasteiger charge is 2.09. The molecule has 0 aliphatic rings. The molecular weight excluding hydrogens is 271 g/mol. The summed E-state index contributed by atoms with van der Waals surface area (Å²) < 4.78 is 19.0. The van der Waals surface area contributed by atoms with Crippen molar-refractivity contribution in [1.29, 1.82) is 0 Å². The van der Waals surface area contributed by atoms with E-state index < -0.39 is 5.82 Å². The minimum atomic E-state index is -0.405. The molecule has 0 saturated heterocycles. The van der Waals surface area contributed by atoms with E-state index in [1.54, 1.807) is 12.1 Å². The van der Waals surface area contributed by atoms with Gasteiger partial charge in [0, 0.05) is 11.5 Å². The molecule has 1 aromatic heterocycles. The molecule has 21 heavy (non-hydrogen) atoms. The molecule has 0 radical (unpaired) electrons. The van der Waals surface area contributed by atoms with Crippen molar-refractivity contribution in [3.63, 3.8) is 0 Å². The number of nitrogens with two attached hydrogens (primary N) is 1. The van der Waals surface area contributed by atoms with Crippen LogP contribution in [0.4, 0.5) is 21.8 Å². The van der Waals surface area contributed by atoms with Crippen LogP contribution in [0.25, 0.3) is 10.9 Å². The fourth-order valence-corrected chi connectivity index (χ4v) is 2.04. The molecule has 6 heteroatoms. The Hall–Kier alpha value is -2.89. The zero-order chi connectivity index (χ0) is 14.8. The third kappa shape index (κ3) is 2.55. The lowest BCUT2D eigenvalue weighted by Gasteiger charge is -2.11. The van der Waals surface area contributed by atoms with Gasteiger partial charge in [0.05, 0.1) is 18.3 Å². The number of nitrogen functional groups attached to an aromatic ring is 1. The Balaban J connectivity index is 2.09. The van der Waals surface area contributed by atoms with Crippen molar-refractivity contribution >= 4 is 28.4 Å². The van der Waals surface area contributed by atoms with E-state index in [1.807, 2.05) is 24.3 Å². The smallest absolute Gasteiger partial charge is 0.222 e. The highest BCUT2D eigenvalue weighted by atomic mass is 19.1. The molecule has 0 unspecified atom stereocenters. The van der Waals surface area contributed by atoms with E-state index in [1.165, 1.54) is 13.2 Å². The summed E-state index contributed by atoms with van der Waals surface area (Å²) in [6.07, 6.45) is 0. The van der Waals surface area contributed by atoms with E-state index >= 15 is 0 Å². The molecule has 3 rings (SSSR count). The molecule has 0 amide bonds. The number of hydrogen-bond acceptors (Lipinski definition) is 5. The number of fused-ring (bicyclic) bond motifs is 1. The van der Waals surface area contributed by atoms with E-state index in [4.69, 9.17) is 10.5 Å². The molecule has 3 aromatic rings. The standard InChI is InChI=1S/C15H13FN4O/c1-21-9-6-7-11(16)13(8-9)18-14-10-4-2-3-5-12(10)19-15(17)20-14/h2-8H,1H3,(H3,17,18,19,20). The molecule has 0 aliphatic carbocycles. The maximum atomic E-state index is 13.9. The summed E-state index contributed by atoms with van der Waals surface area (Å²) in [7, 11) is 1.52. The molecule has 3 N–H and O–H groups in total. The normalized spacial score (nSPS) is 10.6. The Morgan fingerprint density at radius 2 is 1.95 bits per heavy atom. The molecule has 0 atom stereocenters. The van der Waals surface area contributed by atoms with Crippen molar-refractivity contribution in [2.45, 2.75) is 0 Å². The second-order valence-corrected chi connectivity index (χ2v) is 4.42. The highest BCUT2D eigenvalue weighted by Crippen LogP contribution is 2.28. The number of nitrogens with zero attached hydrogens (tertiary/aromatic N) is 2.